The van der Waals surface area contributed by atoms with Gasteiger partial charge in [0, 0.05) is 5.69 Å². The lowest BCUT2D eigenvalue weighted by atomic mass is 9.91. The Bertz CT molecular complexity index is 599. The van der Waals surface area contributed by atoms with Crippen LogP contribution in [0.5, 0.6) is 0 Å². The number of nitrogens with one attached hydrogen (secondary N) is 1. The van der Waals surface area contributed by atoms with Crippen LogP contribution in [0.25, 0.3) is 0 Å². The van der Waals surface area contributed by atoms with Crippen molar-refractivity contribution in [3.63, 3.8) is 0 Å². The van der Waals surface area contributed by atoms with Crippen LogP contribution in [0, 0.1) is 0 Å². The molecule has 1 N–H and O–H groups in total. The van der Waals surface area contributed by atoms with Gasteiger partial charge < -0.3 is 5.32 Å². The van der Waals surface area contributed by atoms with Crippen LogP contribution in [0.1, 0.15) is 68.7 Å². The van der Waals surface area contributed by atoms with E-state index in [2.05, 4.69) is 88.1 Å². The third kappa shape index (κ3) is 4.25. The Kier molecular flexibility index (Phi) is 6.04. The minimum atomic E-state index is 0.256. The summed E-state index contributed by atoms with van der Waals surface area (Å²) in [5, 5.41) is 3.82. The molecule has 0 saturated heterocycles. The fourth-order valence-corrected chi connectivity index (χ4v) is 3.02. The minimum Gasteiger partial charge on any atom is -0.377 e. The van der Waals surface area contributed by atoms with Gasteiger partial charge in [-0.15, -0.1) is 6.58 Å². The van der Waals surface area contributed by atoms with E-state index in [1.54, 1.807) is 0 Å². The molecule has 0 fully saturated rings. The molecule has 0 aromatic heterocycles. The smallest absolute Gasteiger partial charge is 0.0548 e. The van der Waals surface area contributed by atoms with Crippen LogP contribution in [-0.4, -0.2) is 0 Å². The lowest BCUT2D eigenvalue weighted by Crippen LogP contribution is -2.14. The van der Waals surface area contributed by atoms with E-state index in [1.165, 1.54) is 22.4 Å². The van der Waals surface area contributed by atoms with Crippen LogP contribution in [-0.2, 0) is 0 Å². The van der Waals surface area contributed by atoms with Crippen molar-refractivity contribution in [2.45, 2.75) is 52.0 Å². The highest BCUT2D eigenvalue weighted by atomic mass is 14.9. The summed E-state index contributed by atoms with van der Waals surface area (Å²) in [6.45, 7) is 13.0. The summed E-state index contributed by atoms with van der Waals surface area (Å²) in [6.07, 6.45) is 2.91. The molecule has 1 unspecified atom stereocenters. The largest absolute Gasteiger partial charge is 0.377 e. The molecule has 0 aliphatic heterocycles. The second kappa shape index (κ2) is 8.01. The highest BCUT2D eigenvalue weighted by Gasteiger charge is 2.17. The van der Waals surface area contributed by atoms with Gasteiger partial charge in [0.2, 0.25) is 0 Å². The van der Waals surface area contributed by atoms with Crippen molar-refractivity contribution in [3.8, 4) is 0 Å². The summed E-state index contributed by atoms with van der Waals surface area (Å²) < 4.78 is 0. The Morgan fingerprint density at radius 1 is 0.870 bits per heavy atom. The van der Waals surface area contributed by atoms with E-state index in [-0.39, 0.29) is 6.04 Å². The number of anilines is 1. The van der Waals surface area contributed by atoms with E-state index in [9.17, 15) is 0 Å². The molecule has 23 heavy (non-hydrogen) atoms. The van der Waals surface area contributed by atoms with E-state index in [4.69, 9.17) is 0 Å². The first-order chi connectivity index (χ1) is 11.0. The quantitative estimate of drug-likeness (QED) is 0.564. The van der Waals surface area contributed by atoms with Gasteiger partial charge >= 0.3 is 0 Å². The second-order valence-corrected chi connectivity index (χ2v) is 6.75. The number of rotatable bonds is 7. The average Bonchev–Trinajstić information content (AvgIpc) is 2.55. The van der Waals surface area contributed by atoms with Gasteiger partial charge in [0.15, 0.2) is 0 Å². The van der Waals surface area contributed by atoms with Crippen molar-refractivity contribution in [2.24, 2.45) is 0 Å². The van der Waals surface area contributed by atoms with Crippen LogP contribution >= 0.6 is 0 Å². The summed E-state index contributed by atoms with van der Waals surface area (Å²) >= 11 is 0. The van der Waals surface area contributed by atoms with E-state index in [0.29, 0.717) is 11.8 Å². The van der Waals surface area contributed by atoms with Crippen LogP contribution in [0.2, 0.25) is 0 Å². The van der Waals surface area contributed by atoms with Crippen LogP contribution in [0.3, 0.4) is 0 Å². The molecule has 0 aliphatic carbocycles. The maximum Gasteiger partial charge on any atom is 0.0548 e. The van der Waals surface area contributed by atoms with Gasteiger partial charge in [0.25, 0.3) is 0 Å². The molecular formula is C22H29N. The lowest BCUT2D eigenvalue weighted by Gasteiger charge is -2.26. The molecule has 0 bridgehead atoms. The molecule has 0 saturated carbocycles. The van der Waals surface area contributed by atoms with Crippen molar-refractivity contribution in [3.05, 3.63) is 77.9 Å². The molecule has 0 amide bonds. The average molecular weight is 307 g/mol. The van der Waals surface area contributed by atoms with Gasteiger partial charge in [0.05, 0.1) is 6.04 Å². The van der Waals surface area contributed by atoms with Crippen LogP contribution in [0.4, 0.5) is 5.69 Å². The van der Waals surface area contributed by atoms with Crippen molar-refractivity contribution in [1.82, 2.24) is 0 Å². The second-order valence-electron chi connectivity index (χ2n) is 6.75. The third-order valence-electron chi connectivity index (χ3n) is 4.30. The Morgan fingerprint density at radius 2 is 1.43 bits per heavy atom. The van der Waals surface area contributed by atoms with Gasteiger partial charge in [-0.3, -0.25) is 0 Å². The highest BCUT2D eigenvalue weighted by Crippen LogP contribution is 2.35. The Morgan fingerprint density at radius 3 is 1.91 bits per heavy atom. The van der Waals surface area contributed by atoms with Gasteiger partial charge in [0.1, 0.15) is 0 Å². The van der Waals surface area contributed by atoms with Crippen molar-refractivity contribution >= 4 is 5.69 Å². The predicted molar refractivity (Wildman–Crippen MR) is 102 cm³/mol. The van der Waals surface area contributed by atoms with Gasteiger partial charge in [-0.2, -0.15) is 0 Å². The van der Waals surface area contributed by atoms with Crippen molar-refractivity contribution in [2.75, 3.05) is 5.32 Å². The maximum absolute atomic E-state index is 3.94. The molecule has 0 radical (unpaired) electrons. The van der Waals surface area contributed by atoms with Gasteiger partial charge in [-0.05, 0) is 34.9 Å². The summed E-state index contributed by atoms with van der Waals surface area (Å²) in [5.74, 6) is 0.993. The van der Waals surface area contributed by atoms with E-state index >= 15 is 0 Å². The van der Waals surface area contributed by atoms with Crippen molar-refractivity contribution < 1.29 is 0 Å². The molecule has 122 valence electrons. The standard InChI is InChI=1S/C22H29N/c1-6-11-21(18-12-8-7-9-13-18)23-22-19(16(2)3)14-10-15-20(22)17(4)5/h6-10,12-17,21,23H,1,11H2,2-5H3. The Balaban J connectivity index is 2.45. The molecule has 2 rings (SSSR count). The first kappa shape index (κ1) is 17.3. The zero-order chi connectivity index (χ0) is 16.8. The minimum absolute atomic E-state index is 0.256. The zero-order valence-electron chi connectivity index (χ0n) is 14.8. The molecule has 0 spiro atoms. The molecular weight excluding hydrogens is 278 g/mol. The summed E-state index contributed by atoms with van der Waals surface area (Å²) in [6, 6.07) is 17.6. The van der Waals surface area contributed by atoms with Crippen LogP contribution < -0.4 is 5.32 Å². The molecule has 1 heteroatoms. The predicted octanol–water partition coefficient (Wildman–Crippen LogP) is 6.66. The van der Waals surface area contributed by atoms with E-state index in [0.717, 1.165) is 6.42 Å². The number of benzene rings is 2. The first-order valence-corrected chi connectivity index (χ1v) is 8.59. The molecule has 2 aromatic rings. The number of para-hydroxylation sites is 1. The van der Waals surface area contributed by atoms with Crippen LogP contribution in [0.15, 0.2) is 61.2 Å². The first-order valence-electron chi connectivity index (χ1n) is 8.59. The molecule has 1 atom stereocenters. The highest BCUT2D eigenvalue weighted by molar-refractivity contribution is 5.61. The van der Waals surface area contributed by atoms with Gasteiger partial charge in [-0.25, -0.2) is 0 Å². The third-order valence-corrected chi connectivity index (χ3v) is 4.30. The number of hydrogen-bond acceptors (Lipinski definition) is 1. The molecule has 1 nitrogen and oxygen atoms in total. The van der Waals surface area contributed by atoms with E-state index in [1.807, 2.05) is 6.08 Å². The van der Waals surface area contributed by atoms with E-state index < -0.39 is 0 Å². The zero-order valence-corrected chi connectivity index (χ0v) is 14.8. The maximum atomic E-state index is 3.94. The molecule has 2 aromatic carbocycles. The monoisotopic (exact) mass is 307 g/mol. The van der Waals surface area contributed by atoms with Crippen molar-refractivity contribution in [1.29, 1.82) is 0 Å². The number of hydrogen-bond donors (Lipinski definition) is 1. The normalized spacial score (nSPS) is 12.4. The Hall–Kier alpha value is -2.02. The lowest BCUT2D eigenvalue weighted by molar-refractivity contribution is 0.773. The molecule has 0 heterocycles. The summed E-state index contributed by atoms with van der Waals surface area (Å²) in [7, 11) is 0. The summed E-state index contributed by atoms with van der Waals surface area (Å²) in [4.78, 5) is 0. The topological polar surface area (TPSA) is 12.0 Å². The molecule has 0 aliphatic rings. The Labute approximate surface area is 141 Å². The van der Waals surface area contributed by atoms with Gasteiger partial charge in [-0.1, -0.05) is 82.3 Å². The SMILES string of the molecule is C=CCC(Nc1c(C(C)C)cccc1C(C)C)c1ccccc1. The fraction of sp³-hybridized carbons (Fsp3) is 0.364. The summed E-state index contributed by atoms with van der Waals surface area (Å²) in [5.41, 5.74) is 5.39. The fourth-order valence-electron chi connectivity index (χ4n) is 3.02.